The fourth-order valence-electron chi connectivity index (χ4n) is 4.90. The van der Waals surface area contributed by atoms with Crippen LogP contribution in [0.15, 0.2) is 65.7 Å². The molecule has 0 amide bonds. The minimum atomic E-state index is -0.0253. The smallest absolute Gasteiger partial charge is 0.188 e. The maximum absolute atomic E-state index is 6.21. The maximum atomic E-state index is 6.21. The van der Waals surface area contributed by atoms with Gasteiger partial charge < -0.3 is 9.47 Å². The van der Waals surface area contributed by atoms with Gasteiger partial charge >= 0.3 is 0 Å². The molecule has 3 nitrogen and oxygen atoms in total. The Kier molecular flexibility index (Phi) is 9.66. The van der Waals surface area contributed by atoms with E-state index < -0.39 is 0 Å². The molecular weight excluding hydrogens is 449 g/mol. The highest BCUT2D eigenvalue weighted by molar-refractivity contribution is 7.49. The summed E-state index contributed by atoms with van der Waals surface area (Å²) >= 11 is 0. The SMILES string of the molecule is CCCC(CC)(Pc1c(C)cccc1C(C)=Nc1ccccc1)c1cc(C)cc(C)c1OCOC. The molecule has 3 aromatic carbocycles. The molecule has 2 atom stereocenters. The summed E-state index contributed by atoms with van der Waals surface area (Å²) in [5, 5.41) is 1.37. The second-order valence-electron chi connectivity index (χ2n) is 9.35. The Morgan fingerprint density at radius 1 is 0.943 bits per heavy atom. The van der Waals surface area contributed by atoms with E-state index in [2.05, 4.69) is 84.0 Å². The predicted molar refractivity (Wildman–Crippen MR) is 153 cm³/mol. The van der Waals surface area contributed by atoms with Gasteiger partial charge in [0.05, 0.1) is 5.69 Å². The fraction of sp³-hybridized carbons (Fsp3) is 0.387. The summed E-state index contributed by atoms with van der Waals surface area (Å²) in [7, 11) is 2.27. The van der Waals surface area contributed by atoms with E-state index in [4.69, 9.17) is 14.5 Å². The summed E-state index contributed by atoms with van der Waals surface area (Å²) in [5.74, 6) is 0.977. The van der Waals surface area contributed by atoms with E-state index in [-0.39, 0.29) is 11.9 Å². The Balaban J connectivity index is 2.17. The number of ether oxygens (including phenoxy) is 2. The van der Waals surface area contributed by atoms with Gasteiger partial charge in [0.2, 0.25) is 0 Å². The van der Waals surface area contributed by atoms with E-state index in [9.17, 15) is 0 Å². The largest absolute Gasteiger partial charge is 0.467 e. The summed E-state index contributed by atoms with van der Waals surface area (Å²) in [4.78, 5) is 4.97. The molecule has 186 valence electrons. The number of para-hydroxylation sites is 1. The lowest BCUT2D eigenvalue weighted by Gasteiger charge is -2.37. The number of hydrogen-bond donors (Lipinski definition) is 0. The van der Waals surface area contributed by atoms with Crippen molar-refractivity contribution in [2.75, 3.05) is 13.9 Å². The molecule has 0 bridgehead atoms. The van der Waals surface area contributed by atoms with Crippen LogP contribution in [0.4, 0.5) is 5.69 Å². The van der Waals surface area contributed by atoms with Crippen LogP contribution in [-0.4, -0.2) is 19.6 Å². The highest BCUT2D eigenvalue weighted by atomic mass is 31.1. The van der Waals surface area contributed by atoms with Crippen LogP contribution in [0.3, 0.4) is 0 Å². The molecular formula is C31H40NO2P. The molecule has 0 aliphatic heterocycles. The van der Waals surface area contributed by atoms with Crippen molar-refractivity contribution in [1.82, 2.24) is 0 Å². The number of nitrogens with zero attached hydrogens (tertiary/aromatic N) is 1. The monoisotopic (exact) mass is 489 g/mol. The van der Waals surface area contributed by atoms with Crippen molar-refractivity contribution < 1.29 is 9.47 Å². The van der Waals surface area contributed by atoms with Crippen molar-refractivity contribution in [3.05, 3.63) is 88.5 Å². The third-order valence-electron chi connectivity index (χ3n) is 6.62. The summed E-state index contributed by atoms with van der Waals surface area (Å²) < 4.78 is 11.5. The molecule has 3 aromatic rings. The van der Waals surface area contributed by atoms with Crippen LogP contribution in [0, 0.1) is 20.8 Å². The summed E-state index contributed by atoms with van der Waals surface area (Å²) in [6.45, 7) is 13.6. The topological polar surface area (TPSA) is 30.8 Å². The van der Waals surface area contributed by atoms with Gasteiger partial charge in [-0.1, -0.05) is 82.9 Å². The molecule has 0 fully saturated rings. The lowest BCUT2D eigenvalue weighted by molar-refractivity contribution is 0.0494. The van der Waals surface area contributed by atoms with Gasteiger partial charge in [0.1, 0.15) is 5.75 Å². The van der Waals surface area contributed by atoms with E-state index in [1.54, 1.807) is 7.11 Å². The number of methoxy groups -OCH3 is 1. The molecule has 0 N–H and O–H groups in total. The van der Waals surface area contributed by atoms with Gasteiger partial charge in [-0.15, -0.1) is 0 Å². The summed E-state index contributed by atoms with van der Waals surface area (Å²) in [6.07, 6.45) is 3.24. The van der Waals surface area contributed by atoms with Crippen LogP contribution >= 0.6 is 8.58 Å². The third kappa shape index (κ3) is 6.40. The van der Waals surface area contributed by atoms with E-state index >= 15 is 0 Å². The Hall–Kier alpha value is -2.48. The Morgan fingerprint density at radius 2 is 1.69 bits per heavy atom. The van der Waals surface area contributed by atoms with Crippen LogP contribution in [0.1, 0.15) is 67.9 Å². The molecule has 0 saturated carbocycles. The average molecular weight is 490 g/mol. The van der Waals surface area contributed by atoms with Crippen molar-refractivity contribution in [3.63, 3.8) is 0 Å². The normalized spacial score (nSPS) is 13.9. The molecule has 0 aliphatic rings. The first-order chi connectivity index (χ1) is 16.8. The Morgan fingerprint density at radius 3 is 2.34 bits per heavy atom. The number of rotatable bonds is 11. The summed E-state index contributed by atoms with van der Waals surface area (Å²) in [6, 6.07) is 21.4. The Bertz CT molecular complexity index is 1160. The quantitative estimate of drug-likeness (QED) is 0.155. The summed E-state index contributed by atoms with van der Waals surface area (Å²) in [5.41, 5.74) is 8.35. The number of benzene rings is 3. The van der Waals surface area contributed by atoms with Crippen LogP contribution in [0.5, 0.6) is 5.75 Å². The molecule has 0 heterocycles. The van der Waals surface area contributed by atoms with E-state index in [1.807, 2.05) is 18.2 Å². The van der Waals surface area contributed by atoms with Gasteiger partial charge in [0, 0.05) is 29.1 Å². The van der Waals surface area contributed by atoms with Crippen LogP contribution in [0.25, 0.3) is 0 Å². The second-order valence-corrected chi connectivity index (χ2v) is 11.1. The number of aliphatic imine (C=N–C) groups is 1. The van der Waals surface area contributed by atoms with E-state index in [0.717, 1.165) is 36.4 Å². The number of aryl methyl sites for hydroxylation is 3. The molecule has 0 aromatic heterocycles. The second kappa shape index (κ2) is 12.5. The first-order valence-corrected chi connectivity index (χ1v) is 13.6. The van der Waals surface area contributed by atoms with Gasteiger partial charge in [-0.05, 0) is 69.1 Å². The zero-order chi connectivity index (χ0) is 25.4. The average Bonchev–Trinajstić information content (AvgIpc) is 2.84. The van der Waals surface area contributed by atoms with Crippen LogP contribution < -0.4 is 10.0 Å². The molecule has 0 aliphatic carbocycles. The zero-order valence-corrected chi connectivity index (χ0v) is 23.4. The first-order valence-electron chi connectivity index (χ1n) is 12.6. The lowest BCUT2D eigenvalue weighted by atomic mass is 9.87. The molecule has 0 radical (unpaired) electrons. The molecule has 0 saturated heterocycles. The minimum absolute atomic E-state index is 0.0253. The molecule has 4 heteroatoms. The van der Waals surface area contributed by atoms with Gasteiger partial charge in [-0.25, -0.2) is 0 Å². The highest BCUT2D eigenvalue weighted by Gasteiger charge is 2.35. The van der Waals surface area contributed by atoms with E-state index in [0.29, 0.717) is 8.58 Å². The zero-order valence-electron chi connectivity index (χ0n) is 22.4. The van der Waals surface area contributed by atoms with E-state index in [1.165, 1.54) is 33.1 Å². The predicted octanol–water partition coefficient (Wildman–Crippen LogP) is 8.14. The van der Waals surface area contributed by atoms with Crippen molar-refractivity contribution in [1.29, 1.82) is 0 Å². The molecule has 3 rings (SSSR count). The lowest BCUT2D eigenvalue weighted by Crippen LogP contribution is -2.27. The molecule has 35 heavy (non-hydrogen) atoms. The fourth-order valence-corrected chi connectivity index (χ4v) is 6.93. The number of hydrogen-bond acceptors (Lipinski definition) is 3. The minimum Gasteiger partial charge on any atom is -0.467 e. The van der Waals surface area contributed by atoms with Gasteiger partial charge in [-0.2, -0.15) is 0 Å². The Labute approximate surface area is 213 Å². The van der Waals surface area contributed by atoms with Crippen molar-refractivity contribution in [2.45, 2.75) is 66.0 Å². The van der Waals surface area contributed by atoms with Crippen LogP contribution in [0.2, 0.25) is 0 Å². The van der Waals surface area contributed by atoms with Gasteiger partial charge in [-0.3, -0.25) is 4.99 Å². The van der Waals surface area contributed by atoms with Gasteiger partial charge in [0.15, 0.2) is 6.79 Å². The molecule has 0 spiro atoms. The maximum Gasteiger partial charge on any atom is 0.188 e. The first kappa shape index (κ1) is 27.1. The van der Waals surface area contributed by atoms with Crippen molar-refractivity contribution in [2.24, 2.45) is 4.99 Å². The van der Waals surface area contributed by atoms with Crippen LogP contribution in [-0.2, 0) is 9.89 Å². The molecule has 2 unspecified atom stereocenters. The van der Waals surface area contributed by atoms with Gasteiger partial charge in [0.25, 0.3) is 0 Å². The third-order valence-corrected chi connectivity index (χ3v) is 8.88. The standard InChI is InChI=1S/C31H40NO2P/c1-8-18-31(9-2,28-20-22(3)19-24(5)29(28)34-21-33-7)35-30-23(4)14-13-17-27(30)25(6)32-26-15-11-10-12-16-26/h10-17,19-20,35H,8-9,18,21H2,1-7H3. The van der Waals surface area contributed by atoms with Crippen molar-refractivity contribution in [3.8, 4) is 5.75 Å². The van der Waals surface area contributed by atoms with Crippen molar-refractivity contribution >= 4 is 25.3 Å². The highest BCUT2D eigenvalue weighted by Crippen LogP contribution is 2.52.